The van der Waals surface area contributed by atoms with Gasteiger partial charge in [0.1, 0.15) is 5.52 Å². The van der Waals surface area contributed by atoms with Gasteiger partial charge in [0.25, 0.3) is 0 Å². The molecule has 1 aliphatic heterocycles. The summed E-state index contributed by atoms with van der Waals surface area (Å²) in [6, 6.07) is 4.26. The van der Waals surface area contributed by atoms with E-state index in [4.69, 9.17) is 4.42 Å². The lowest BCUT2D eigenvalue weighted by Gasteiger charge is -2.34. The van der Waals surface area contributed by atoms with Crippen LogP contribution in [-0.2, 0) is 0 Å². The second-order valence-corrected chi connectivity index (χ2v) is 7.24. The Hall–Kier alpha value is -1.75. The Bertz CT molecular complexity index is 663. The molecule has 0 radical (unpaired) electrons. The first-order valence-corrected chi connectivity index (χ1v) is 7.95. The van der Waals surface area contributed by atoms with Gasteiger partial charge in [-0.3, -0.25) is 0 Å². The Labute approximate surface area is 132 Å². The molecular formula is C17H26N4O. The number of rotatable bonds is 2. The van der Waals surface area contributed by atoms with Crippen molar-refractivity contribution >= 4 is 22.5 Å². The molecule has 0 saturated carbocycles. The lowest BCUT2D eigenvalue weighted by atomic mass is 10.1. The number of fused-ring (bicyclic) bond motifs is 1. The maximum absolute atomic E-state index is 5.79. The van der Waals surface area contributed by atoms with Crippen LogP contribution >= 0.6 is 0 Å². The van der Waals surface area contributed by atoms with Crippen LogP contribution < -0.4 is 10.2 Å². The maximum Gasteiger partial charge on any atom is 0.192 e. The van der Waals surface area contributed by atoms with E-state index in [-0.39, 0.29) is 5.54 Å². The normalized spacial score (nSPS) is 17.2. The molecule has 5 nitrogen and oxygen atoms in total. The first-order chi connectivity index (χ1) is 10.3. The van der Waals surface area contributed by atoms with Gasteiger partial charge in [0.2, 0.25) is 0 Å². The molecule has 0 atom stereocenters. The van der Waals surface area contributed by atoms with Crippen LogP contribution in [-0.4, -0.2) is 48.6 Å². The molecule has 0 amide bonds. The molecule has 0 aliphatic carbocycles. The third-order valence-electron chi connectivity index (χ3n) is 3.95. The number of aryl methyl sites for hydroxylation is 1. The zero-order chi connectivity index (χ0) is 15.9. The fourth-order valence-electron chi connectivity index (χ4n) is 2.92. The molecule has 1 N–H and O–H groups in total. The monoisotopic (exact) mass is 302 g/mol. The van der Waals surface area contributed by atoms with Gasteiger partial charge < -0.3 is 19.5 Å². The molecule has 1 aromatic heterocycles. The van der Waals surface area contributed by atoms with Crippen molar-refractivity contribution in [2.45, 2.75) is 33.2 Å². The summed E-state index contributed by atoms with van der Waals surface area (Å²) in [5.41, 5.74) is 4.11. The highest BCUT2D eigenvalue weighted by molar-refractivity contribution is 5.91. The van der Waals surface area contributed by atoms with Crippen LogP contribution in [0.1, 0.15) is 26.7 Å². The van der Waals surface area contributed by atoms with Gasteiger partial charge in [-0.05, 0) is 33.9 Å². The zero-order valence-corrected chi connectivity index (χ0v) is 14.2. The minimum atomic E-state index is 0.0160. The van der Waals surface area contributed by atoms with Gasteiger partial charge >= 0.3 is 0 Å². The Kier molecular flexibility index (Phi) is 3.77. The van der Waals surface area contributed by atoms with Crippen molar-refractivity contribution < 1.29 is 4.42 Å². The Morgan fingerprint density at radius 2 is 1.82 bits per heavy atom. The first kappa shape index (κ1) is 15.2. The molecule has 0 bridgehead atoms. The number of anilines is 2. The fourth-order valence-corrected chi connectivity index (χ4v) is 2.92. The fraction of sp³-hybridized carbons (Fsp3) is 0.588. The van der Waals surface area contributed by atoms with Gasteiger partial charge in [-0.15, -0.1) is 0 Å². The van der Waals surface area contributed by atoms with E-state index in [1.54, 1.807) is 0 Å². The first-order valence-electron chi connectivity index (χ1n) is 7.95. The minimum absolute atomic E-state index is 0.0160. The van der Waals surface area contributed by atoms with Gasteiger partial charge in [0.15, 0.2) is 11.5 Å². The molecule has 1 aromatic carbocycles. The molecule has 0 spiro atoms. The number of aromatic nitrogens is 1. The van der Waals surface area contributed by atoms with Gasteiger partial charge in [-0.1, -0.05) is 0 Å². The van der Waals surface area contributed by atoms with Crippen molar-refractivity contribution in [3.63, 3.8) is 0 Å². The summed E-state index contributed by atoms with van der Waals surface area (Å²) in [7, 11) is 2.17. The van der Waals surface area contributed by atoms with Crippen LogP contribution in [0.5, 0.6) is 0 Å². The van der Waals surface area contributed by atoms with E-state index < -0.39 is 0 Å². The van der Waals surface area contributed by atoms with Crippen LogP contribution in [0.15, 0.2) is 16.5 Å². The highest BCUT2D eigenvalue weighted by Crippen LogP contribution is 2.32. The summed E-state index contributed by atoms with van der Waals surface area (Å²) in [4.78, 5) is 9.37. The van der Waals surface area contributed by atoms with Gasteiger partial charge in [-0.25, -0.2) is 4.98 Å². The van der Waals surface area contributed by atoms with Gasteiger partial charge in [-0.2, -0.15) is 0 Å². The van der Waals surface area contributed by atoms with Crippen LogP contribution in [0.4, 0.5) is 11.4 Å². The van der Waals surface area contributed by atoms with Crippen molar-refractivity contribution in [3.8, 4) is 0 Å². The van der Waals surface area contributed by atoms with Crippen molar-refractivity contribution in [3.05, 3.63) is 18.0 Å². The van der Waals surface area contributed by atoms with Gasteiger partial charge in [0, 0.05) is 50.4 Å². The highest BCUT2D eigenvalue weighted by Gasteiger charge is 2.21. The highest BCUT2D eigenvalue weighted by atomic mass is 16.3. The average Bonchev–Trinajstić information content (AvgIpc) is 2.77. The summed E-state index contributed by atoms with van der Waals surface area (Å²) >= 11 is 0. The molecule has 2 aromatic rings. The third kappa shape index (κ3) is 3.19. The summed E-state index contributed by atoms with van der Waals surface area (Å²) < 4.78 is 5.79. The summed E-state index contributed by atoms with van der Waals surface area (Å²) in [6.45, 7) is 12.6. The number of nitrogens with zero attached hydrogens (tertiary/aromatic N) is 3. The van der Waals surface area contributed by atoms with E-state index in [1.807, 2.05) is 6.92 Å². The molecule has 120 valence electrons. The van der Waals surface area contributed by atoms with Crippen molar-refractivity contribution in [1.82, 2.24) is 9.88 Å². The number of likely N-dealkylation sites (N-methyl/N-ethyl adjacent to an activating group) is 1. The second kappa shape index (κ2) is 5.47. The van der Waals surface area contributed by atoms with E-state index >= 15 is 0 Å². The number of oxazole rings is 1. The predicted molar refractivity (Wildman–Crippen MR) is 91.8 cm³/mol. The molecule has 1 aliphatic rings. The van der Waals surface area contributed by atoms with Crippen LogP contribution in [0.3, 0.4) is 0 Å². The molecule has 0 unspecified atom stereocenters. The van der Waals surface area contributed by atoms with Crippen molar-refractivity contribution in [2.24, 2.45) is 0 Å². The van der Waals surface area contributed by atoms with E-state index in [0.29, 0.717) is 0 Å². The molecule has 3 rings (SSSR count). The Morgan fingerprint density at radius 1 is 1.14 bits per heavy atom. The van der Waals surface area contributed by atoms with E-state index in [9.17, 15) is 0 Å². The summed E-state index contributed by atoms with van der Waals surface area (Å²) in [5.74, 6) is 0.721. The smallest absolute Gasteiger partial charge is 0.192 e. The average molecular weight is 302 g/mol. The van der Waals surface area contributed by atoms with Crippen molar-refractivity contribution in [1.29, 1.82) is 0 Å². The standard InChI is InChI=1S/C17H26N4O/c1-12-18-16-14(21-8-6-20(5)7-9-21)10-13(11-15(16)22-12)19-17(2,3)4/h10-11,19H,6-9H2,1-5H3. The van der Waals surface area contributed by atoms with E-state index in [2.05, 4.69) is 60.1 Å². The molecule has 1 fully saturated rings. The topological polar surface area (TPSA) is 44.5 Å². The predicted octanol–water partition coefficient (Wildman–Crippen LogP) is 3.10. The lowest BCUT2D eigenvalue weighted by Crippen LogP contribution is -2.44. The van der Waals surface area contributed by atoms with Crippen LogP contribution in [0.25, 0.3) is 11.1 Å². The molecule has 5 heteroatoms. The number of nitrogens with one attached hydrogen (secondary N) is 1. The molecule has 1 saturated heterocycles. The maximum atomic E-state index is 5.79. The largest absolute Gasteiger partial charge is 0.441 e. The number of piperazine rings is 1. The second-order valence-electron chi connectivity index (χ2n) is 7.24. The minimum Gasteiger partial charge on any atom is -0.441 e. The number of hydrogen-bond donors (Lipinski definition) is 1. The summed E-state index contributed by atoms with van der Waals surface area (Å²) in [5, 5.41) is 3.55. The van der Waals surface area contributed by atoms with Gasteiger partial charge in [0.05, 0.1) is 5.69 Å². The number of benzene rings is 1. The SMILES string of the molecule is Cc1nc2c(N3CCN(C)CC3)cc(NC(C)(C)C)cc2o1. The zero-order valence-electron chi connectivity index (χ0n) is 14.2. The van der Waals surface area contributed by atoms with Crippen LogP contribution in [0, 0.1) is 6.92 Å². The Balaban J connectivity index is 2.02. The third-order valence-corrected chi connectivity index (χ3v) is 3.95. The van der Waals surface area contributed by atoms with Crippen molar-refractivity contribution in [2.75, 3.05) is 43.4 Å². The molecule has 22 heavy (non-hydrogen) atoms. The van der Waals surface area contributed by atoms with E-state index in [1.165, 1.54) is 5.69 Å². The number of hydrogen-bond acceptors (Lipinski definition) is 5. The molecule has 2 heterocycles. The van der Waals surface area contributed by atoms with Crippen LogP contribution in [0.2, 0.25) is 0 Å². The Morgan fingerprint density at radius 3 is 2.45 bits per heavy atom. The summed E-state index contributed by atoms with van der Waals surface area (Å²) in [6.07, 6.45) is 0. The molecular weight excluding hydrogens is 276 g/mol. The lowest BCUT2D eigenvalue weighted by molar-refractivity contribution is 0.313. The quantitative estimate of drug-likeness (QED) is 0.923. The van der Waals surface area contributed by atoms with E-state index in [0.717, 1.165) is 48.9 Å².